The molecule has 0 fully saturated rings. The lowest BCUT2D eigenvalue weighted by Crippen LogP contribution is -2.30. The van der Waals surface area contributed by atoms with Crippen LogP contribution in [0.15, 0.2) is 60.8 Å². The summed E-state index contributed by atoms with van der Waals surface area (Å²) in [7, 11) is 0. The number of allylic oxidation sites excluding steroid dienone is 10. The minimum absolute atomic E-state index is 0.102. The van der Waals surface area contributed by atoms with E-state index in [2.05, 4.69) is 69.4 Å². The molecular weight excluding hydrogens is 757 g/mol. The van der Waals surface area contributed by atoms with Gasteiger partial charge in [-0.15, -0.1) is 0 Å². The van der Waals surface area contributed by atoms with E-state index in [0.717, 1.165) is 77.0 Å². The normalized spacial score (nSPS) is 12.5. The average Bonchev–Trinajstić information content (AvgIpc) is 3.26. The molecule has 0 amide bonds. The first-order valence-electron chi connectivity index (χ1n) is 25.8. The van der Waals surface area contributed by atoms with Crippen LogP contribution in [0.5, 0.6) is 0 Å². The summed E-state index contributed by atoms with van der Waals surface area (Å²) in [6.45, 7) is 6.38. The van der Waals surface area contributed by atoms with Gasteiger partial charge in [-0.1, -0.05) is 223 Å². The third kappa shape index (κ3) is 48.0. The van der Waals surface area contributed by atoms with Gasteiger partial charge < -0.3 is 14.2 Å². The van der Waals surface area contributed by atoms with Crippen LogP contribution in [0, 0.1) is 0 Å². The molecule has 0 N–H and O–H groups in total. The molecule has 0 radical (unpaired) electrons. The maximum atomic E-state index is 12.6. The molecule has 0 aromatic carbocycles. The van der Waals surface area contributed by atoms with Crippen molar-refractivity contribution in [3.63, 3.8) is 0 Å². The van der Waals surface area contributed by atoms with E-state index in [1.807, 2.05) is 12.2 Å². The van der Waals surface area contributed by atoms with Gasteiger partial charge in [0.05, 0.1) is 0 Å². The zero-order valence-corrected chi connectivity index (χ0v) is 40.2. The Morgan fingerprint density at radius 2 is 0.672 bits per heavy atom. The second-order valence-corrected chi connectivity index (χ2v) is 17.1. The van der Waals surface area contributed by atoms with Crippen molar-refractivity contribution in [2.75, 3.05) is 13.2 Å². The van der Waals surface area contributed by atoms with Crippen molar-refractivity contribution >= 4 is 17.9 Å². The van der Waals surface area contributed by atoms with Crippen molar-refractivity contribution in [3.8, 4) is 0 Å². The zero-order chi connectivity index (χ0) is 44.4. The second-order valence-electron chi connectivity index (χ2n) is 17.1. The van der Waals surface area contributed by atoms with Gasteiger partial charge in [0.25, 0.3) is 0 Å². The second kappa shape index (κ2) is 49.8. The molecule has 0 heterocycles. The number of carbonyl (C=O) groups excluding carboxylic acids is 3. The number of hydrogen-bond acceptors (Lipinski definition) is 6. The summed E-state index contributed by atoms with van der Waals surface area (Å²) in [4.78, 5) is 37.5. The van der Waals surface area contributed by atoms with Gasteiger partial charge >= 0.3 is 17.9 Å². The summed E-state index contributed by atoms with van der Waals surface area (Å²) in [5, 5.41) is 0. The van der Waals surface area contributed by atoms with Crippen molar-refractivity contribution in [2.24, 2.45) is 0 Å². The predicted molar refractivity (Wildman–Crippen MR) is 261 cm³/mol. The molecule has 0 aliphatic rings. The van der Waals surface area contributed by atoms with Crippen molar-refractivity contribution in [1.29, 1.82) is 0 Å². The van der Waals surface area contributed by atoms with E-state index < -0.39 is 12.1 Å². The van der Waals surface area contributed by atoms with Crippen LogP contribution in [0.25, 0.3) is 0 Å². The third-order valence-electron chi connectivity index (χ3n) is 11.0. The minimum Gasteiger partial charge on any atom is -0.462 e. The Bertz CT molecular complexity index is 1120. The number of ether oxygens (including phenoxy) is 3. The summed E-state index contributed by atoms with van der Waals surface area (Å²) >= 11 is 0. The lowest BCUT2D eigenvalue weighted by atomic mass is 10.0. The molecule has 352 valence electrons. The van der Waals surface area contributed by atoms with Crippen molar-refractivity contribution in [1.82, 2.24) is 0 Å². The lowest BCUT2D eigenvalue weighted by Gasteiger charge is -2.18. The highest BCUT2D eigenvalue weighted by atomic mass is 16.6. The third-order valence-corrected chi connectivity index (χ3v) is 11.0. The van der Waals surface area contributed by atoms with Crippen LogP contribution in [0.4, 0.5) is 0 Å². The van der Waals surface area contributed by atoms with Gasteiger partial charge in [0, 0.05) is 19.3 Å². The van der Waals surface area contributed by atoms with Crippen LogP contribution in [-0.2, 0) is 28.6 Å². The average molecular weight is 853 g/mol. The molecular formula is C55H96O6. The summed E-state index contributed by atoms with van der Waals surface area (Å²) in [6.07, 6.45) is 61.4. The topological polar surface area (TPSA) is 78.9 Å². The molecule has 0 saturated carbocycles. The predicted octanol–water partition coefficient (Wildman–Crippen LogP) is 16.9. The number of hydrogen-bond donors (Lipinski definition) is 0. The van der Waals surface area contributed by atoms with Gasteiger partial charge in [-0.3, -0.25) is 14.4 Å². The number of esters is 3. The van der Waals surface area contributed by atoms with Crippen LogP contribution in [0.3, 0.4) is 0 Å². The Balaban J connectivity index is 4.09. The standard InChI is InChI=1S/C55H96O6/c1-4-7-10-13-15-17-19-21-22-23-24-25-26-27-28-29-30-31-32-34-35-37-39-42-45-48-54(57)60-51-52(50-59-53(56)47-44-41-12-9-6-3)61-55(58)49-46-43-40-38-36-33-20-18-16-14-11-8-5-2/h8,11,16,18,23-24,33,36,40,43,52H,4-7,9-10,12-15,17,19-22,25-32,34-35,37-39,41-42,44-51H2,1-3H3/b11-8-,18-16-,24-23-,36-33-,43-40-. The molecule has 0 bridgehead atoms. The molecule has 0 rings (SSSR count). The molecule has 0 aromatic heterocycles. The smallest absolute Gasteiger partial charge is 0.306 e. The largest absolute Gasteiger partial charge is 0.462 e. The van der Waals surface area contributed by atoms with Gasteiger partial charge in [0.2, 0.25) is 0 Å². The highest BCUT2D eigenvalue weighted by molar-refractivity contribution is 5.71. The Morgan fingerprint density at radius 3 is 1.07 bits per heavy atom. The van der Waals surface area contributed by atoms with E-state index >= 15 is 0 Å². The molecule has 1 atom stereocenters. The molecule has 1 unspecified atom stereocenters. The van der Waals surface area contributed by atoms with E-state index in [-0.39, 0.29) is 31.6 Å². The number of carbonyl (C=O) groups is 3. The molecule has 61 heavy (non-hydrogen) atoms. The van der Waals surface area contributed by atoms with Gasteiger partial charge in [0.15, 0.2) is 6.10 Å². The fourth-order valence-corrected chi connectivity index (χ4v) is 7.16. The Kier molecular flexibility index (Phi) is 47.4. The monoisotopic (exact) mass is 853 g/mol. The Labute approximate surface area is 377 Å². The van der Waals surface area contributed by atoms with E-state index in [9.17, 15) is 14.4 Å². The van der Waals surface area contributed by atoms with E-state index in [1.54, 1.807) is 0 Å². The van der Waals surface area contributed by atoms with Gasteiger partial charge in [0.1, 0.15) is 13.2 Å². The lowest BCUT2D eigenvalue weighted by molar-refractivity contribution is -0.166. The van der Waals surface area contributed by atoms with Crippen LogP contribution >= 0.6 is 0 Å². The van der Waals surface area contributed by atoms with E-state index in [4.69, 9.17) is 14.2 Å². The molecule has 0 saturated heterocycles. The van der Waals surface area contributed by atoms with E-state index in [1.165, 1.54) is 128 Å². The Hall–Kier alpha value is -2.89. The molecule has 6 heteroatoms. The van der Waals surface area contributed by atoms with Crippen LogP contribution in [0.2, 0.25) is 0 Å². The van der Waals surface area contributed by atoms with Crippen molar-refractivity contribution in [3.05, 3.63) is 60.8 Å². The van der Waals surface area contributed by atoms with Crippen LogP contribution in [-0.4, -0.2) is 37.2 Å². The quantitative estimate of drug-likeness (QED) is 0.0263. The van der Waals surface area contributed by atoms with Gasteiger partial charge in [-0.05, 0) is 70.6 Å². The minimum atomic E-state index is -0.806. The summed E-state index contributed by atoms with van der Waals surface area (Å²) in [5.74, 6) is -0.997. The summed E-state index contributed by atoms with van der Waals surface area (Å²) < 4.78 is 16.6. The number of unbranched alkanes of at least 4 members (excludes halogenated alkanes) is 25. The summed E-state index contributed by atoms with van der Waals surface area (Å²) in [5.41, 5.74) is 0. The fraction of sp³-hybridized carbons (Fsp3) is 0.764. The molecule has 6 nitrogen and oxygen atoms in total. The molecule has 0 aromatic rings. The first-order chi connectivity index (χ1) is 30.0. The number of rotatable bonds is 46. The maximum Gasteiger partial charge on any atom is 0.306 e. The molecule has 0 spiro atoms. The van der Waals surface area contributed by atoms with Crippen LogP contribution in [0.1, 0.15) is 252 Å². The van der Waals surface area contributed by atoms with Crippen molar-refractivity contribution < 1.29 is 28.6 Å². The van der Waals surface area contributed by atoms with Gasteiger partial charge in [-0.25, -0.2) is 0 Å². The zero-order valence-electron chi connectivity index (χ0n) is 40.2. The Morgan fingerprint density at radius 1 is 0.344 bits per heavy atom. The first kappa shape index (κ1) is 58.1. The molecule has 0 aliphatic carbocycles. The fourth-order valence-electron chi connectivity index (χ4n) is 7.16. The maximum absolute atomic E-state index is 12.6. The van der Waals surface area contributed by atoms with E-state index in [0.29, 0.717) is 19.3 Å². The SMILES string of the molecule is CC/C=C\C/C=C\C/C=C\C/C=C\CCC(=O)OC(COC(=O)CCCCCCC)COC(=O)CCCCCCCCCCCCCCC/C=C\CCCCCCCCCC. The summed E-state index contributed by atoms with van der Waals surface area (Å²) in [6, 6.07) is 0. The molecule has 0 aliphatic heterocycles. The van der Waals surface area contributed by atoms with Crippen LogP contribution < -0.4 is 0 Å². The highest BCUT2D eigenvalue weighted by Gasteiger charge is 2.19. The van der Waals surface area contributed by atoms with Crippen molar-refractivity contribution in [2.45, 2.75) is 258 Å². The van der Waals surface area contributed by atoms with Gasteiger partial charge in [-0.2, -0.15) is 0 Å². The first-order valence-corrected chi connectivity index (χ1v) is 25.8. The highest BCUT2D eigenvalue weighted by Crippen LogP contribution is 2.15.